The van der Waals surface area contributed by atoms with Crippen LogP contribution in [0.2, 0.25) is 5.02 Å². The van der Waals surface area contributed by atoms with Crippen molar-refractivity contribution in [2.75, 3.05) is 25.0 Å². The van der Waals surface area contributed by atoms with Gasteiger partial charge < -0.3 is 21.1 Å². The molecule has 0 atom stereocenters. The van der Waals surface area contributed by atoms with Crippen LogP contribution in [0.1, 0.15) is 23.2 Å². The molecule has 0 saturated heterocycles. The molecule has 6 nitrogen and oxygen atoms in total. The molecule has 0 aliphatic heterocycles. The summed E-state index contributed by atoms with van der Waals surface area (Å²) in [5, 5.41) is 5.99. The van der Waals surface area contributed by atoms with Crippen molar-refractivity contribution in [3.63, 3.8) is 0 Å². The van der Waals surface area contributed by atoms with E-state index in [0.29, 0.717) is 48.1 Å². The number of ether oxygens (including phenoxy) is 1. The number of nitrogens with two attached hydrogens (primary N) is 1. The van der Waals surface area contributed by atoms with E-state index in [1.54, 1.807) is 36.4 Å². The van der Waals surface area contributed by atoms with Crippen LogP contribution in [0.4, 0.5) is 5.69 Å². The number of hydrogen-bond acceptors (Lipinski definition) is 4. The van der Waals surface area contributed by atoms with E-state index in [4.69, 9.17) is 22.1 Å². The summed E-state index contributed by atoms with van der Waals surface area (Å²) in [5.74, 6) is 0.136. The third-order valence-electron chi connectivity index (χ3n) is 3.52. The average Bonchev–Trinajstić information content (AvgIpc) is 2.65. The molecule has 2 amide bonds. The standard InChI is InChI=1S/C19H22ClN3O3/c20-15-7-2-4-9-17(15)26-13-5-10-18(24)23-16-8-3-1-6-14(16)19(25)22-12-11-21/h1-4,6-9H,5,10-13,21H2,(H,22,25)(H,23,24). The molecule has 0 aliphatic carbocycles. The van der Waals surface area contributed by atoms with Crippen LogP contribution in [-0.2, 0) is 4.79 Å². The van der Waals surface area contributed by atoms with Gasteiger partial charge in [0, 0.05) is 19.5 Å². The van der Waals surface area contributed by atoms with Gasteiger partial charge in [-0.15, -0.1) is 0 Å². The fourth-order valence-electron chi connectivity index (χ4n) is 2.26. The molecule has 0 spiro atoms. The van der Waals surface area contributed by atoms with E-state index in [1.165, 1.54) is 0 Å². The number of carbonyl (C=O) groups is 2. The predicted molar refractivity (Wildman–Crippen MR) is 103 cm³/mol. The zero-order valence-corrected chi connectivity index (χ0v) is 15.1. The number of benzene rings is 2. The minimum atomic E-state index is -0.270. The second kappa shape index (κ2) is 10.4. The lowest BCUT2D eigenvalue weighted by Gasteiger charge is -2.11. The summed E-state index contributed by atoms with van der Waals surface area (Å²) in [5.41, 5.74) is 6.26. The SMILES string of the molecule is NCCNC(=O)c1ccccc1NC(=O)CCCOc1ccccc1Cl. The third-order valence-corrected chi connectivity index (χ3v) is 3.83. The monoisotopic (exact) mass is 375 g/mol. The van der Waals surface area contributed by atoms with Gasteiger partial charge in [-0.1, -0.05) is 35.9 Å². The fourth-order valence-corrected chi connectivity index (χ4v) is 2.45. The van der Waals surface area contributed by atoms with Gasteiger partial charge in [0.1, 0.15) is 5.75 Å². The molecule has 0 saturated carbocycles. The Kier molecular flexibility index (Phi) is 7.92. The van der Waals surface area contributed by atoms with Gasteiger partial charge in [-0.25, -0.2) is 0 Å². The molecule has 0 aliphatic rings. The topological polar surface area (TPSA) is 93.5 Å². The van der Waals surface area contributed by atoms with Crippen LogP contribution in [0.25, 0.3) is 0 Å². The number of nitrogens with one attached hydrogen (secondary N) is 2. The molecule has 0 aromatic heterocycles. The number of carbonyl (C=O) groups excluding carboxylic acids is 2. The zero-order valence-electron chi connectivity index (χ0n) is 14.3. The Morgan fingerprint density at radius 3 is 2.58 bits per heavy atom. The normalized spacial score (nSPS) is 10.2. The van der Waals surface area contributed by atoms with Crippen molar-refractivity contribution in [1.82, 2.24) is 5.32 Å². The molecule has 0 fully saturated rings. The summed E-state index contributed by atoms with van der Waals surface area (Å²) in [4.78, 5) is 24.2. The maximum Gasteiger partial charge on any atom is 0.253 e. The molecule has 26 heavy (non-hydrogen) atoms. The van der Waals surface area contributed by atoms with E-state index in [-0.39, 0.29) is 18.2 Å². The van der Waals surface area contributed by atoms with Crippen molar-refractivity contribution in [2.24, 2.45) is 5.73 Å². The first kappa shape index (κ1) is 19.8. The van der Waals surface area contributed by atoms with Gasteiger partial charge >= 0.3 is 0 Å². The Labute approximate surface area is 157 Å². The Bertz CT molecular complexity index is 752. The van der Waals surface area contributed by atoms with Gasteiger partial charge in [-0.2, -0.15) is 0 Å². The third kappa shape index (κ3) is 6.06. The Morgan fingerprint density at radius 2 is 1.81 bits per heavy atom. The fraction of sp³-hybridized carbons (Fsp3) is 0.263. The summed E-state index contributed by atoms with van der Waals surface area (Å²) >= 11 is 6.01. The molecule has 7 heteroatoms. The summed E-state index contributed by atoms with van der Waals surface area (Å²) in [6.45, 7) is 1.10. The predicted octanol–water partition coefficient (Wildman–Crippen LogP) is 2.83. The van der Waals surface area contributed by atoms with E-state index in [9.17, 15) is 9.59 Å². The van der Waals surface area contributed by atoms with Crippen LogP contribution in [-0.4, -0.2) is 31.5 Å². The van der Waals surface area contributed by atoms with Crippen LogP contribution in [0.15, 0.2) is 48.5 Å². The summed E-state index contributed by atoms with van der Waals surface area (Å²) in [6.07, 6.45) is 0.793. The number of para-hydroxylation sites is 2. The van der Waals surface area contributed by atoms with Gasteiger partial charge in [0.05, 0.1) is 22.9 Å². The van der Waals surface area contributed by atoms with Crippen molar-refractivity contribution in [1.29, 1.82) is 0 Å². The minimum Gasteiger partial charge on any atom is -0.492 e. The van der Waals surface area contributed by atoms with Crippen molar-refractivity contribution in [2.45, 2.75) is 12.8 Å². The van der Waals surface area contributed by atoms with Gasteiger partial charge in [-0.05, 0) is 30.7 Å². The van der Waals surface area contributed by atoms with E-state index in [0.717, 1.165) is 0 Å². The van der Waals surface area contributed by atoms with E-state index in [2.05, 4.69) is 10.6 Å². The smallest absolute Gasteiger partial charge is 0.253 e. The Hall–Kier alpha value is -2.57. The van der Waals surface area contributed by atoms with E-state index < -0.39 is 0 Å². The van der Waals surface area contributed by atoms with Crippen LogP contribution in [0.3, 0.4) is 0 Å². The Morgan fingerprint density at radius 1 is 1.08 bits per heavy atom. The molecule has 4 N–H and O–H groups in total. The quantitative estimate of drug-likeness (QED) is 0.587. The highest BCUT2D eigenvalue weighted by atomic mass is 35.5. The lowest BCUT2D eigenvalue weighted by molar-refractivity contribution is -0.116. The second-order valence-corrected chi connectivity index (χ2v) is 5.93. The van der Waals surface area contributed by atoms with Crippen LogP contribution in [0.5, 0.6) is 5.75 Å². The number of anilines is 1. The molecule has 0 bridgehead atoms. The highest BCUT2D eigenvalue weighted by Crippen LogP contribution is 2.23. The van der Waals surface area contributed by atoms with Gasteiger partial charge in [0.15, 0.2) is 0 Å². The highest BCUT2D eigenvalue weighted by molar-refractivity contribution is 6.32. The van der Waals surface area contributed by atoms with Crippen LogP contribution < -0.4 is 21.1 Å². The number of halogens is 1. The second-order valence-electron chi connectivity index (χ2n) is 5.52. The average molecular weight is 376 g/mol. The minimum absolute atomic E-state index is 0.188. The molecule has 2 rings (SSSR count). The largest absolute Gasteiger partial charge is 0.492 e. The lowest BCUT2D eigenvalue weighted by Crippen LogP contribution is -2.30. The molecule has 0 unspecified atom stereocenters. The van der Waals surface area contributed by atoms with Gasteiger partial charge in [0.2, 0.25) is 5.91 Å². The van der Waals surface area contributed by atoms with Crippen molar-refractivity contribution in [3.8, 4) is 5.75 Å². The maximum atomic E-state index is 12.1. The molecule has 2 aromatic rings. The first-order valence-corrected chi connectivity index (χ1v) is 8.74. The van der Waals surface area contributed by atoms with Crippen LogP contribution >= 0.6 is 11.6 Å². The Balaban J connectivity index is 1.82. The van der Waals surface area contributed by atoms with Crippen LogP contribution in [0, 0.1) is 0 Å². The van der Waals surface area contributed by atoms with Gasteiger partial charge in [-0.3, -0.25) is 9.59 Å². The number of hydrogen-bond donors (Lipinski definition) is 3. The zero-order chi connectivity index (χ0) is 18.8. The molecule has 138 valence electrons. The first-order chi connectivity index (χ1) is 12.6. The first-order valence-electron chi connectivity index (χ1n) is 8.36. The molecule has 2 aromatic carbocycles. The maximum absolute atomic E-state index is 12.1. The molecule has 0 radical (unpaired) electrons. The number of amides is 2. The lowest BCUT2D eigenvalue weighted by atomic mass is 10.1. The summed E-state index contributed by atoms with van der Waals surface area (Å²) in [7, 11) is 0. The van der Waals surface area contributed by atoms with Crippen molar-refractivity contribution in [3.05, 3.63) is 59.1 Å². The van der Waals surface area contributed by atoms with E-state index >= 15 is 0 Å². The van der Waals surface area contributed by atoms with Crippen molar-refractivity contribution < 1.29 is 14.3 Å². The van der Waals surface area contributed by atoms with E-state index in [1.807, 2.05) is 12.1 Å². The van der Waals surface area contributed by atoms with Crippen molar-refractivity contribution >= 4 is 29.1 Å². The highest BCUT2D eigenvalue weighted by Gasteiger charge is 2.12. The molecule has 0 heterocycles. The summed E-state index contributed by atoms with van der Waals surface area (Å²) < 4.78 is 5.56. The summed E-state index contributed by atoms with van der Waals surface area (Å²) in [6, 6.07) is 14.0. The molecular weight excluding hydrogens is 354 g/mol. The number of rotatable bonds is 9. The molecular formula is C19H22ClN3O3. The van der Waals surface area contributed by atoms with Gasteiger partial charge in [0.25, 0.3) is 5.91 Å².